The Hall–Kier alpha value is -3.40. The zero-order valence-corrected chi connectivity index (χ0v) is 13.7. The van der Waals surface area contributed by atoms with Crippen LogP contribution in [-0.2, 0) is 10.2 Å². The molecule has 0 aliphatic rings. The van der Waals surface area contributed by atoms with Crippen LogP contribution >= 0.6 is 0 Å². The van der Waals surface area contributed by atoms with E-state index in [0.29, 0.717) is 0 Å². The van der Waals surface area contributed by atoms with Gasteiger partial charge < -0.3 is 11.5 Å². The first-order valence-corrected chi connectivity index (χ1v) is 7.96. The number of benzene rings is 3. The highest BCUT2D eigenvalue weighted by molar-refractivity contribution is 6.02. The fourth-order valence-corrected chi connectivity index (χ4v) is 3.14. The molecule has 0 fully saturated rings. The summed E-state index contributed by atoms with van der Waals surface area (Å²) in [4.78, 5) is 17.2. The minimum absolute atomic E-state index is 0.253. The lowest BCUT2D eigenvalue weighted by Crippen LogP contribution is -2.39. The third kappa shape index (κ3) is 3.02. The van der Waals surface area contributed by atoms with Crippen molar-refractivity contribution in [3.63, 3.8) is 0 Å². The van der Waals surface area contributed by atoms with Crippen LogP contribution in [0.2, 0.25) is 0 Å². The van der Waals surface area contributed by atoms with Gasteiger partial charge in [0.05, 0.1) is 0 Å². The number of nitrogens with zero attached hydrogens (tertiary/aromatic N) is 1. The fraction of sp³-hybridized carbons (Fsp3) is 0.0476. The summed E-state index contributed by atoms with van der Waals surface area (Å²) in [5.74, 6) is -0.673. The van der Waals surface area contributed by atoms with E-state index in [-0.39, 0.29) is 5.96 Å². The molecule has 1 amide bonds. The normalized spacial score (nSPS) is 10.9. The van der Waals surface area contributed by atoms with Crippen LogP contribution in [0.3, 0.4) is 0 Å². The van der Waals surface area contributed by atoms with Crippen molar-refractivity contribution in [2.24, 2.45) is 16.5 Å². The standard InChI is InChI=1S/C21H19N3O/c22-20(23)24-19(25)21(16-10-4-1-5-11-16,17-12-6-2-7-13-17)18-14-8-3-9-15-18/h1-15H,(H4,22,23,24,25). The van der Waals surface area contributed by atoms with Gasteiger partial charge in [-0.3, -0.25) is 4.79 Å². The second-order valence-electron chi connectivity index (χ2n) is 5.69. The molecule has 3 rings (SSSR count). The minimum Gasteiger partial charge on any atom is -0.370 e. The first-order valence-electron chi connectivity index (χ1n) is 7.96. The Morgan fingerprint density at radius 3 is 1.24 bits per heavy atom. The van der Waals surface area contributed by atoms with Crippen molar-refractivity contribution in [1.29, 1.82) is 0 Å². The quantitative estimate of drug-likeness (QED) is 0.439. The number of nitrogens with two attached hydrogens (primary N) is 2. The molecule has 0 heterocycles. The summed E-state index contributed by atoms with van der Waals surface area (Å²) in [6.07, 6.45) is 0. The molecule has 0 radical (unpaired) electrons. The molecule has 0 unspecified atom stereocenters. The molecular weight excluding hydrogens is 310 g/mol. The highest BCUT2D eigenvalue weighted by Gasteiger charge is 2.43. The Morgan fingerprint density at radius 2 is 0.960 bits per heavy atom. The van der Waals surface area contributed by atoms with Gasteiger partial charge in [0.15, 0.2) is 5.96 Å². The number of amides is 1. The van der Waals surface area contributed by atoms with Crippen molar-refractivity contribution in [1.82, 2.24) is 0 Å². The van der Waals surface area contributed by atoms with Crippen LogP contribution in [0.5, 0.6) is 0 Å². The highest BCUT2D eigenvalue weighted by Crippen LogP contribution is 2.40. The predicted molar refractivity (Wildman–Crippen MR) is 100 cm³/mol. The highest BCUT2D eigenvalue weighted by atomic mass is 16.1. The van der Waals surface area contributed by atoms with Gasteiger partial charge in [0.2, 0.25) is 0 Å². The van der Waals surface area contributed by atoms with Crippen LogP contribution < -0.4 is 11.5 Å². The van der Waals surface area contributed by atoms with Gasteiger partial charge in [-0.25, -0.2) is 0 Å². The van der Waals surface area contributed by atoms with Crippen LogP contribution in [0.1, 0.15) is 16.7 Å². The van der Waals surface area contributed by atoms with E-state index in [1.807, 2.05) is 91.0 Å². The van der Waals surface area contributed by atoms with E-state index in [0.717, 1.165) is 16.7 Å². The Balaban J connectivity index is 2.40. The number of guanidine groups is 1. The second-order valence-corrected chi connectivity index (χ2v) is 5.69. The first kappa shape index (κ1) is 16.5. The topological polar surface area (TPSA) is 81.5 Å². The molecule has 4 N–H and O–H groups in total. The van der Waals surface area contributed by atoms with Gasteiger partial charge in [0.25, 0.3) is 5.91 Å². The summed E-state index contributed by atoms with van der Waals surface area (Å²) in [6, 6.07) is 28.6. The van der Waals surface area contributed by atoms with E-state index < -0.39 is 11.3 Å². The lowest BCUT2D eigenvalue weighted by atomic mass is 9.69. The minimum atomic E-state index is -1.12. The van der Waals surface area contributed by atoms with E-state index in [9.17, 15) is 4.79 Å². The van der Waals surface area contributed by atoms with Crippen molar-refractivity contribution in [2.45, 2.75) is 5.41 Å². The molecule has 0 aliphatic heterocycles. The van der Waals surface area contributed by atoms with Crippen molar-refractivity contribution < 1.29 is 4.79 Å². The number of aliphatic imine (C=N–C) groups is 1. The molecule has 3 aromatic carbocycles. The molecule has 124 valence electrons. The van der Waals surface area contributed by atoms with Crippen molar-refractivity contribution >= 4 is 11.9 Å². The summed E-state index contributed by atoms with van der Waals surface area (Å²) in [7, 11) is 0. The third-order valence-electron chi connectivity index (χ3n) is 4.17. The average molecular weight is 329 g/mol. The number of rotatable bonds is 4. The zero-order chi connectivity index (χ0) is 17.7. The lowest BCUT2D eigenvalue weighted by Gasteiger charge is -2.32. The SMILES string of the molecule is NC(N)=NC(=O)C(c1ccccc1)(c1ccccc1)c1ccccc1. The number of hydrogen-bond donors (Lipinski definition) is 2. The van der Waals surface area contributed by atoms with Gasteiger partial charge in [0.1, 0.15) is 5.41 Å². The smallest absolute Gasteiger partial charge is 0.268 e. The monoisotopic (exact) mass is 329 g/mol. The fourth-order valence-electron chi connectivity index (χ4n) is 3.14. The maximum Gasteiger partial charge on any atom is 0.268 e. The van der Waals surface area contributed by atoms with E-state index in [2.05, 4.69) is 4.99 Å². The van der Waals surface area contributed by atoms with Gasteiger partial charge in [-0.1, -0.05) is 91.0 Å². The maximum atomic E-state index is 13.3. The third-order valence-corrected chi connectivity index (χ3v) is 4.17. The van der Waals surface area contributed by atoms with E-state index in [1.54, 1.807) is 0 Å². The molecule has 0 spiro atoms. The molecule has 25 heavy (non-hydrogen) atoms. The molecule has 0 aromatic heterocycles. The molecule has 4 heteroatoms. The molecule has 0 aliphatic carbocycles. The lowest BCUT2D eigenvalue weighted by molar-refractivity contribution is -0.120. The molecule has 4 nitrogen and oxygen atoms in total. The van der Waals surface area contributed by atoms with Crippen molar-refractivity contribution in [3.8, 4) is 0 Å². The van der Waals surface area contributed by atoms with Crippen LogP contribution in [0.25, 0.3) is 0 Å². The van der Waals surface area contributed by atoms with Gasteiger partial charge >= 0.3 is 0 Å². The summed E-state index contributed by atoms with van der Waals surface area (Å²) >= 11 is 0. The molecule has 0 saturated heterocycles. The average Bonchev–Trinajstić information content (AvgIpc) is 2.64. The molecule has 0 saturated carbocycles. The van der Waals surface area contributed by atoms with Gasteiger partial charge in [-0.2, -0.15) is 4.99 Å². The predicted octanol–water partition coefficient (Wildman–Crippen LogP) is 2.82. The van der Waals surface area contributed by atoms with E-state index in [1.165, 1.54) is 0 Å². The summed E-state index contributed by atoms with van der Waals surface area (Å²) < 4.78 is 0. The zero-order valence-electron chi connectivity index (χ0n) is 13.7. The van der Waals surface area contributed by atoms with E-state index in [4.69, 9.17) is 11.5 Å². The molecule has 3 aromatic rings. The number of carbonyl (C=O) groups is 1. The van der Waals surface area contributed by atoms with Gasteiger partial charge in [-0.15, -0.1) is 0 Å². The Kier molecular flexibility index (Phi) is 4.61. The van der Waals surface area contributed by atoms with Crippen molar-refractivity contribution in [2.75, 3.05) is 0 Å². The van der Waals surface area contributed by atoms with Crippen LogP contribution in [0.15, 0.2) is 96.0 Å². The Morgan fingerprint density at radius 1 is 0.640 bits per heavy atom. The Labute approximate surface area is 146 Å². The van der Waals surface area contributed by atoms with Gasteiger partial charge in [-0.05, 0) is 16.7 Å². The molecular formula is C21H19N3O. The van der Waals surface area contributed by atoms with Gasteiger partial charge in [0, 0.05) is 0 Å². The number of hydrogen-bond acceptors (Lipinski definition) is 1. The molecule has 0 atom stereocenters. The maximum absolute atomic E-state index is 13.3. The molecule has 0 bridgehead atoms. The van der Waals surface area contributed by atoms with E-state index >= 15 is 0 Å². The van der Waals surface area contributed by atoms with Crippen molar-refractivity contribution in [3.05, 3.63) is 108 Å². The first-order chi connectivity index (χ1) is 12.2. The number of carbonyl (C=O) groups excluding carboxylic acids is 1. The second kappa shape index (κ2) is 7.01. The summed E-state index contributed by atoms with van der Waals surface area (Å²) in [5, 5.41) is 0. The summed E-state index contributed by atoms with van der Waals surface area (Å²) in [5.41, 5.74) is 12.4. The largest absolute Gasteiger partial charge is 0.370 e. The summed E-state index contributed by atoms with van der Waals surface area (Å²) in [6.45, 7) is 0. The Bertz CT molecular complexity index is 774. The van der Waals surface area contributed by atoms with Crippen LogP contribution in [0, 0.1) is 0 Å². The van der Waals surface area contributed by atoms with Crippen LogP contribution in [0.4, 0.5) is 0 Å². The van der Waals surface area contributed by atoms with Crippen LogP contribution in [-0.4, -0.2) is 11.9 Å².